The van der Waals surface area contributed by atoms with Crippen LogP contribution in [0, 0.1) is 5.92 Å². The molecule has 108 valence electrons. The molecule has 2 saturated heterocycles. The maximum Gasteiger partial charge on any atom is 0.243 e. The average molecular weight is 285 g/mol. The third kappa shape index (κ3) is 3.63. The van der Waals surface area contributed by atoms with Crippen molar-refractivity contribution in [3.63, 3.8) is 0 Å². The molecule has 2 aliphatic heterocycles. The van der Waals surface area contributed by atoms with Crippen molar-refractivity contribution in [2.45, 2.75) is 19.9 Å². The second kappa shape index (κ2) is 6.61. The summed E-state index contributed by atoms with van der Waals surface area (Å²) in [5, 5.41) is 2.68. The molecule has 6 heteroatoms. The van der Waals surface area contributed by atoms with E-state index < -0.39 is 0 Å². The summed E-state index contributed by atoms with van der Waals surface area (Å²) in [6, 6.07) is -0.305. The molecule has 2 fully saturated rings. The number of nitrogens with zero attached hydrogens (tertiary/aromatic N) is 2. The lowest BCUT2D eigenvalue weighted by Gasteiger charge is -2.38. The maximum absolute atomic E-state index is 12.0. The molecule has 2 amide bonds. The molecular formula is C13H23N3O2S. The Morgan fingerprint density at radius 1 is 1.26 bits per heavy atom. The topological polar surface area (TPSA) is 52.7 Å². The smallest absolute Gasteiger partial charge is 0.243 e. The zero-order chi connectivity index (χ0) is 13.8. The van der Waals surface area contributed by atoms with Gasteiger partial charge in [-0.3, -0.25) is 14.5 Å². The SMILES string of the molecule is CC(C)C1C(=O)NCC(=O)N1CCN1CCSCC1. The average Bonchev–Trinajstić information content (AvgIpc) is 2.40. The van der Waals surface area contributed by atoms with Gasteiger partial charge < -0.3 is 10.2 Å². The number of hydrogen-bond acceptors (Lipinski definition) is 4. The first-order chi connectivity index (χ1) is 9.09. The molecule has 0 spiro atoms. The normalized spacial score (nSPS) is 25.8. The van der Waals surface area contributed by atoms with Crippen LogP contribution in [0.25, 0.3) is 0 Å². The fourth-order valence-corrected chi connectivity index (χ4v) is 3.64. The Hall–Kier alpha value is -0.750. The molecule has 1 N–H and O–H groups in total. The molecule has 2 heterocycles. The van der Waals surface area contributed by atoms with Crippen LogP contribution in [-0.4, -0.2) is 71.9 Å². The molecule has 0 aromatic carbocycles. The second-order valence-corrected chi connectivity index (χ2v) is 6.67. The number of amides is 2. The van der Waals surface area contributed by atoms with E-state index in [0.29, 0.717) is 6.54 Å². The summed E-state index contributed by atoms with van der Waals surface area (Å²) in [6.45, 7) is 7.86. The van der Waals surface area contributed by atoms with E-state index in [9.17, 15) is 9.59 Å². The van der Waals surface area contributed by atoms with E-state index in [1.807, 2.05) is 25.6 Å². The molecule has 0 saturated carbocycles. The fourth-order valence-electron chi connectivity index (χ4n) is 2.67. The number of carbonyl (C=O) groups is 2. The van der Waals surface area contributed by atoms with Crippen molar-refractivity contribution >= 4 is 23.6 Å². The van der Waals surface area contributed by atoms with Crippen LogP contribution in [0.4, 0.5) is 0 Å². The van der Waals surface area contributed by atoms with Gasteiger partial charge in [0.25, 0.3) is 0 Å². The highest BCUT2D eigenvalue weighted by molar-refractivity contribution is 7.99. The monoisotopic (exact) mass is 285 g/mol. The summed E-state index contributed by atoms with van der Waals surface area (Å²) in [5.74, 6) is 2.53. The van der Waals surface area contributed by atoms with Gasteiger partial charge in [-0.15, -0.1) is 0 Å². The number of rotatable bonds is 4. The molecule has 0 aromatic heterocycles. The summed E-state index contributed by atoms with van der Waals surface area (Å²) in [4.78, 5) is 28.1. The second-order valence-electron chi connectivity index (χ2n) is 5.45. The van der Waals surface area contributed by atoms with Gasteiger partial charge in [-0.1, -0.05) is 13.8 Å². The lowest BCUT2D eigenvalue weighted by Crippen LogP contribution is -2.61. The lowest BCUT2D eigenvalue weighted by molar-refractivity contribution is -0.147. The summed E-state index contributed by atoms with van der Waals surface area (Å²) < 4.78 is 0. The molecule has 0 bridgehead atoms. The Bertz CT molecular complexity index is 343. The molecule has 19 heavy (non-hydrogen) atoms. The molecule has 0 radical (unpaired) electrons. The Morgan fingerprint density at radius 2 is 1.95 bits per heavy atom. The van der Waals surface area contributed by atoms with Crippen LogP contribution in [-0.2, 0) is 9.59 Å². The Kier molecular flexibility index (Phi) is 5.10. The van der Waals surface area contributed by atoms with Gasteiger partial charge in [-0.25, -0.2) is 0 Å². The van der Waals surface area contributed by atoms with E-state index in [0.717, 1.165) is 19.6 Å². The van der Waals surface area contributed by atoms with E-state index in [4.69, 9.17) is 0 Å². The first-order valence-corrected chi connectivity index (χ1v) is 8.12. The van der Waals surface area contributed by atoms with Gasteiger partial charge in [-0.2, -0.15) is 11.8 Å². The molecule has 5 nitrogen and oxygen atoms in total. The highest BCUT2D eigenvalue weighted by atomic mass is 32.2. The van der Waals surface area contributed by atoms with Gasteiger partial charge in [0.2, 0.25) is 11.8 Å². The van der Waals surface area contributed by atoms with E-state index in [2.05, 4.69) is 10.2 Å². The number of nitrogens with one attached hydrogen (secondary N) is 1. The Morgan fingerprint density at radius 3 is 2.58 bits per heavy atom. The predicted octanol–water partition coefficient (Wildman–Crippen LogP) is 0.0182. The van der Waals surface area contributed by atoms with E-state index in [-0.39, 0.29) is 30.3 Å². The first kappa shape index (κ1) is 14.7. The van der Waals surface area contributed by atoms with E-state index in [1.165, 1.54) is 11.5 Å². The number of hydrogen-bond donors (Lipinski definition) is 1. The third-order valence-corrected chi connectivity index (χ3v) is 4.67. The maximum atomic E-state index is 12.0. The Labute approximate surface area is 119 Å². The third-order valence-electron chi connectivity index (χ3n) is 3.73. The molecule has 0 aromatic rings. The van der Waals surface area contributed by atoms with Crippen LogP contribution in [0.3, 0.4) is 0 Å². The largest absolute Gasteiger partial charge is 0.345 e. The van der Waals surface area contributed by atoms with Gasteiger partial charge >= 0.3 is 0 Å². The molecular weight excluding hydrogens is 262 g/mol. The van der Waals surface area contributed by atoms with Gasteiger partial charge in [0.15, 0.2) is 0 Å². The Balaban J connectivity index is 1.94. The van der Waals surface area contributed by atoms with Crippen molar-refractivity contribution in [1.82, 2.24) is 15.1 Å². The van der Waals surface area contributed by atoms with Crippen molar-refractivity contribution < 1.29 is 9.59 Å². The van der Waals surface area contributed by atoms with Crippen LogP contribution < -0.4 is 5.32 Å². The minimum atomic E-state index is -0.305. The fraction of sp³-hybridized carbons (Fsp3) is 0.846. The zero-order valence-corrected chi connectivity index (χ0v) is 12.5. The summed E-state index contributed by atoms with van der Waals surface area (Å²) in [6.07, 6.45) is 0. The zero-order valence-electron chi connectivity index (χ0n) is 11.7. The van der Waals surface area contributed by atoms with Crippen molar-refractivity contribution in [1.29, 1.82) is 0 Å². The van der Waals surface area contributed by atoms with Crippen molar-refractivity contribution in [3.8, 4) is 0 Å². The van der Waals surface area contributed by atoms with Gasteiger partial charge in [0.05, 0.1) is 6.54 Å². The molecule has 1 unspecified atom stereocenters. The highest BCUT2D eigenvalue weighted by Crippen LogP contribution is 2.15. The predicted molar refractivity (Wildman–Crippen MR) is 77.1 cm³/mol. The van der Waals surface area contributed by atoms with Crippen molar-refractivity contribution in [2.24, 2.45) is 5.92 Å². The molecule has 0 aliphatic carbocycles. The minimum absolute atomic E-state index is 0.0104. The highest BCUT2D eigenvalue weighted by Gasteiger charge is 2.36. The van der Waals surface area contributed by atoms with Gasteiger partial charge in [-0.05, 0) is 5.92 Å². The van der Waals surface area contributed by atoms with Crippen LogP contribution >= 0.6 is 11.8 Å². The van der Waals surface area contributed by atoms with E-state index >= 15 is 0 Å². The van der Waals surface area contributed by atoms with Crippen molar-refractivity contribution in [2.75, 3.05) is 44.2 Å². The van der Waals surface area contributed by atoms with Gasteiger partial charge in [0, 0.05) is 37.7 Å². The first-order valence-electron chi connectivity index (χ1n) is 6.97. The summed E-state index contributed by atoms with van der Waals surface area (Å²) in [7, 11) is 0. The standard InChI is InChI=1S/C13H23N3O2S/c1-10(2)12-13(18)14-9-11(17)16(12)4-3-15-5-7-19-8-6-15/h10,12H,3-9H2,1-2H3,(H,14,18). The van der Waals surface area contributed by atoms with Crippen LogP contribution in [0.1, 0.15) is 13.8 Å². The molecule has 2 aliphatic rings. The van der Waals surface area contributed by atoms with Crippen molar-refractivity contribution in [3.05, 3.63) is 0 Å². The lowest BCUT2D eigenvalue weighted by atomic mass is 9.99. The minimum Gasteiger partial charge on any atom is -0.345 e. The summed E-state index contributed by atoms with van der Waals surface area (Å²) >= 11 is 1.98. The molecule has 2 rings (SSSR count). The van der Waals surface area contributed by atoms with E-state index in [1.54, 1.807) is 4.90 Å². The number of piperazine rings is 1. The van der Waals surface area contributed by atoms with Gasteiger partial charge in [0.1, 0.15) is 6.04 Å². The van der Waals surface area contributed by atoms with Crippen LogP contribution in [0.5, 0.6) is 0 Å². The summed E-state index contributed by atoms with van der Waals surface area (Å²) in [5.41, 5.74) is 0. The number of thioether (sulfide) groups is 1. The quantitative estimate of drug-likeness (QED) is 0.791. The van der Waals surface area contributed by atoms with Crippen LogP contribution in [0.15, 0.2) is 0 Å². The van der Waals surface area contributed by atoms with Crippen LogP contribution in [0.2, 0.25) is 0 Å². The molecule has 1 atom stereocenters. The number of carbonyl (C=O) groups excluding carboxylic acids is 2.